The average molecular weight is 514 g/mol. The lowest BCUT2D eigenvalue weighted by Crippen LogP contribution is -2.40. The van der Waals surface area contributed by atoms with Crippen molar-refractivity contribution in [2.24, 2.45) is 0 Å². The van der Waals surface area contributed by atoms with E-state index in [1.54, 1.807) is 0 Å². The molecular weight excluding hydrogens is 502 g/mol. The first-order valence-electron chi connectivity index (χ1n) is 6.86. The molecule has 0 bridgehead atoms. The topological polar surface area (TPSA) is 34.1 Å². The average Bonchev–Trinajstić information content (AvgIpc) is 2.53. The lowest BCUT2D eigenvalue weighted by molar-refractivity contribution is 0.999. The van der Waals surface area contributed by atoms with Crippen LogP contribution in [0.5, 0.6) is 0 Å². The maximum Gasteiger partial charge on any atom is 0.229 e. The molecule has 3 aromatic rings. The largest absolute Gasteiger partial charge is 0.285 e. The van der Waals surface area contributed by atoms with Gasteiger partial charge in [-0.25, -0.2) is 0 Å². The van der Waals surface area contributed by atoms with Gasteiger partial charge in [-0.3, -0.25) is 9.59 Å². The fourth-order valence-electron chi connectivity index (χ4n) is 2.52. The molecule has 0 aliphatic heterocycles. The van der Waals surface area contributed by atoms with Crippen LogP contribution in [0.4, 0.5) is 0 Å². The van der Waals surface area contributed by atoms with Crippen LogP contribution in [0.2, 0.25) is 0 Å². The lowest BCUT2D eigenvalue weighted by Gasteiger charge is -2.13. The first-order chi connectivity index (χ1) is 10.6. The molecule has 0 fully saturated rings. The van der Waals surface area contributed by atoms with Crippen molar-refractivity contribution < 1.29 is 0 Å². The predicted molar refractivity (Wildman–Crippen MR) is 105 cm³/mol. The molecule has 0 radical (unpaired) electrons. The molecule has 0 spiro atoms. The Balaban J connectivity index is 1.93. The SMILES string of the molecule is O=c1c(Cc2ccccc2I)c(Cc2ccccc2I)c1=O. The molecule has 0 atom stereocenters. The van der Waals surface area contributed by atoms with Crippen molar-refractivity contribution in [1.82, 2.24) is 0 Å². The van der Waals surface area contributed by atoms with E-state index in [1.165, 1.54) is 0 Å². The molecule has 0 aliphatic carbocycles. The van der Waals surface area contributed by atoms with Crippen molar-refractivity contribution in [1.29, 1.82) is 0 Å². The van der Waals surface area contributed by atoms with Gasteiger partial charge in [0.1, 0.15) is 0 Å². The van der Waals surface area contributed by atoms with Gasteiger partial charge < -0.3 is 0 Å². The van der Waals surface area contributed by atoms with Crippen LogP contribution in [-0.2, 0) is 12.8 Å². The molecule has 0 N–H and O–H groups in total. The van der Waals surface area contributed by atoms with Gasteiger partial charge in [0.05, 0.1) is 0 Å². The second-order valence-electron chi connectivity index (χ2n) is 5.15. The van der Waals surface area contributed by atoms with E-state index in [4.69, 9.17) is 0 Å². The summed E-state index contributed by atoms with van der Waals surface area (Å²) in [5, 5.41) is 0. The monoisotopic (exact) mass is 514 g/mol. The Labute approximate surface area is 155 Å². The van der Waals surface area contributed by atoms with E-state index < -0.39 is 0 Å². The summed E-state index contributed by atoms with van der Waals surface area (Å²) in [6.45, 7) is 0. The van der Waals surface area contributed by atoms with Gasteiger partial charge in [0.25, 0.3) is 0 Å². The predicted octanol–water partition coefficient (Wildman–Crippen LogP) is 3.67. The van der Waals surface area contributed by atoms with E-state index in [9.17, 15) is 9.59 Å². The molecule has 3 rings (SSSR count). The van der Waals surface area contributed by atoms with Crippen LogP contribution in [0, 0.1) is 7.14 Å². The minimum absolute atomic E-state index is 0.319. The quantitative estimate of drug-likeness (QED) is 0.394. The highest BCUT2D eigenvalue weighted by atomic mass is 127. The van der Waals surface area contributed by atoms with E-state index in [2.05, 4.69) is 45.2 Å². The molecule has 22 heavy (non-hydrogen) atoms. The summed E-state index contributed by atoms with van der Waals surface area (Å²) in [6, 6.07) is 15.9. The van der Waals surface area contributed by atoms with Crippen LogP contribution in [0.3, 0.4) is 0 Å². The molecule has 0 aromatic heterocycles. The minimum Gasteiger partial charge on any atom is -0.285 e. The van der Waals surface area contributed by atoms with Gasteiger partial charge in [-0.1, -0.05) is 36.4 Å². The van der Waals surface area contributed by atoms with Gasteiger partial charge in [0.2, 0.25) is 10.9 Å². The molecule has 0 heterocycles. The molecule has 0 aliphatic rings. The number of benzene rings is 2. The third kappa shape index (κ3) is 3.03. The van der Waals surface area contributed by atoms with Gasteiger partial charge in [-0.15, -0.1) is 0 Å². The standard InChI is InChI=1S/C18H12I2O2/c19-15-7-3-1-5-11(15)9-13-14(18(22)17(13)21)10-12-6-2-4-8-16(12)20/h1-8H,9-10H2. The van der Waals surface area contributed by atoms with Gasteiger partial charge in [0.15, 0.2) is 0 Å². The highest BCUT2D eigenvalue weighted by Gasteiger charge is 2.21. The molecule has 0 amide bonds. The van der Waals surface area contributed by atoms with Gasteiger partial charge >= 0.3 is 0 Å². The van der Waals surface area contributed by atoms with Crippen molar-refractivity contribution in [3.05, 3.63) is 98.4 Å². The van der Waals surface area contributed by atoms with Crippen molar-refractivity contribution >= 4 is 45.2 Å². The van der Waals surface area contributed by atoms with Crippen LogP contribution in [-0.4, -0.2) is 0 Å². The Morgan fingerprint density at radius 1 is 0.636 bits per heavy atom. The molecule has 4 heteroatoms. The zero-order valence-electron chi connectivity index (χ0n) is 11.6. The second-order valence-corrected chi connectivity index (χ2v) is 7.48. The van der Waals surface area contributed by atoms with E-state index in [1.807, 2.05) is 48.5 Å². The molecule has 110 valence electrons. The van der Waals surface area contributed by atoms with Gasteiger partial charge in [-0.2, -0.15) is 0 Å². The minimum atomic E-state index is -0.319. The van der Waals surface area contributed by atoms with E-state index in [0.717, 1.165) is 18.3 Å². The van der Waals surface area contributed by atoms with E-state index in [0.29, 0.717) is 24.0 Å². The number of halogens is 2. The van der Waals surface area contributed by atoms with Crippen LogP contribution in [0.15, 0.2) is 58.1 Å². The third-order valence-corrected chi connectivity index (χ3v) is 5.87. The number of hydrogen-bond donors (Lipinski definition) is 0. The number of hydrogen-bond acceptors (Lipinski definition) is 2. The Morgan fingerprint density at radius 3 is 1.36 bits per heavy atom. The van der Waals surface area contributed by atoms with Crippen molar-refractivity contribution in [2.45, 2.75) is 12.8 Å². The van der Waals surface area contributed by atoms with Crippen molar-refractivity contribution in [3.8, 4) is 0 Å². The highest BCUT2D eigenvalue weighted by molar-refractivity contribution is 14.1. The first kappa shape index (κ1) is 15.9. The smallest absolute Gasteiger partial charge is 0.229 e. The number of rotatable bonds is 4. The van der Waals surface area contributed by atoms with Gasteiger partial charge in [-0.05, 0) is 68.4 Å². The molecule has 0 saturated heterocycles. The Morgan fingerprint density at radius 2 is 1.00 bits per heavy atom. The fraction of sp³-hybridized carbons (Fsp3) is 0.111. The summed E-state index contributed by atoms with van der Waals surface area (Å²) in [6.07, 6.45) is 1.09. The van der Waals surface area contributed by atoms with Crippen LogP contribution in [0.1, 0.15) is 22.3 Å². The Hall–Kier alpha value is -1.02. The summed E-state index contributed by atoms with van der Waals surface area (Å²) in [5.74, 6) is 0. The zero-order chi connectivity index (χ0) is 15.7. The van der Waals surface area contributed by atoms with E-state index >= 15 is 0 Å². The lowest BCUT2D eigenvalue weighted by atomic mass is 9.90. The summed E-state index contributed by atoms with van der Waals surface area (Å²) >= 11 is 4.53. The Bertz CT molecular complexity index is 830. The van der Waals surface area contributed by atoms with Crippen molar-refractivity contribution in [2.75, 3.05) is 0 Å². The van der Waals surface area contributed by atoms with Crippen LogP contribution < -0.4 is 10.9 Å². The summed E-state index contributed by atoms with van der Waals surface area (Å²) in [5.41, 5.74) is 2.90. The maximum absolute atomic E-state index is 12.0. The summed E-state index contributed by atoms with van der Waals surface area (Å²) < 4.78 is 2.24. The second kappa shape index (κ2) is 6.62. The van der Waals surface area contributed by atoms with Crippen LogP contribution in [0.25, 0.3) is 0 Å². The summed E-state index contributed by atoms with van der Waals surface area (Å²) in [4.78, 5) is 23.9. The van der Waals surface area contributed by atoms with Crippen LogP contribution >= 0.6 is 45.2 Å². The molecular formula is C18H12I2O2. The summed E-state index contributed by atoms with van der Waals surface area (Å²) in [7, 11) is 0. The normalized spacial score (nSPS) is 11.0. The Kier molecular flexibility index (Phi) is 4.77. The zero-order valence-corrected chi connectivity index (χ0v) is 15.9. The van der Waals surface area contributed by atoms with E-state index in [-0.39, 0.29) is 10.9 Å². The molecule has 3 aromatic carbocycles. The maximum atomic E-state index is 12.0. The third-order valence-electron chi connectivity index (χ3n) is 3.77. The fourth-order valence-corrected chi connectivity index (χ4v) is 3.68. The highest BCUT2D eigenvalue weighted by Crippen LogP contribution is 2.20. The van der Waals surface area contributed by atoms with Crippen molar-refractivity contribution in [3.63, 3.8) is 0 Å². The molecule has 0 saturated carbocycles. The first-order valence-corrected chi connectivity index (χ1v) is 9.01. The van der Waals surface area contributed by atoms with Gasteiger partial charge in [0, 0.05) is 31.1 Å². The molecule has 2 nitrogen and oxygen atoms in total. The molecule has 0 unspecified atom stereocenters.